The summed E-state index contributed by atoms with van der Waals surface area (Å²) in [5.74, 6) is 1.29. The summed E-state index contributed by atoms with van der Waals surface area (Å²) in [7, 11) is 1.65. The maximum Gasteiger partial charge on any atom is 0.201 e. The maximum absolute atomic E-state index is 6.18. The first-order valence-corrected chi connectivity index (χ1v) is 7.05. The normalized spacial score (nSPS) is 12.5. The number of fused-ring (bicyclic) bond motifs is 1. The number of benzene rings is 2. The van der Waals surface area contributed by atoms with Gasteiger partial charge in [-0.25, -0.2) is 4.98 Å². The van der Waals surface area contributed by atoms with Crippen LogP contribution in [0.2, 0.25) is 5.02 Å². The number of nitrogens with two attached hydrogens (primary N) is 1. The molecule has 0 radical (unpaired) electrons. The molecule has 0 spiro atoms. The summed E-state index contributed by atoms with van der Waals surface area (Å²) in [5.41, 5.74) is 8.88. The van der Waals surface area contributed by atoms with Crippen LogP contribution in [-0.2, 0) is 0 Å². The Morgan fingerprint density at radius 1 is 1.19 bits per heavy atom. The quantitative estimate of drug-likeness (QED) is 0.798. The number of hydrogen-bond acceptors (Lipinski definition) is 3. The number of aromatic nitrogens is 2. The molecular formula is C16H16ClN3O. The summed E-state index contributed by atoms with van der Waals surface area (Å²) in [6.45, 7) is 2.08. The van der Waals surface area contributed by atoms with Gasteiger partial charge in [0.1, 0.15) is 11.3 Å². The lowest BCUT2D eigenvalue weighted by molar-refractivity contribution is 0.414. The standard InChI is InChI=1S/C16H16ClN3O/c1-10(11-6-8-12(21-2)9-7-11)20-14-5-3-4-13(17)15(14)19-16(20)18/h3-10H,1-2H3,(H2,18,19). The highest BCUT2D eigenvalue weighted by molar-refractivity contribution is 6.35. The second-order valence-electron chi connectivity index (χ2n) is 4.90. The fourth-order valence-electron chi connectivity index (χ4n) is 2.54. The van der Waals surface area contributed by atoms with Crippen molar-refractivity contribution < 1.29 is 4.74 Å². The molecule has 0 saturated carbocycles. The Hall–Kier alpha value is -2.20. The Morgan fingerprint density at radius 3 is 2.57 bits per heavy atom. The third-order valence-corrected chi connectivity index (χ3v) is 3.99. The molecule has 1 heterocycles. The van der Waals surface area contributed by atoms with E-state index in [2.05, 4.69) is 11.9 Å². The van der Waals surface area contributed by atoms with E-state index >= 15 is 0 Å². The highest BCUT2D eigenvalue weighted by atomic mass is 35.5. The van der Waals surface area contributed by atoms with Crippen molar-refractivity contribution in [1.82, 2.24) is 9.55 Å². The summed E-state index contributed by atoms with van der Waals surface area (Å²) in [5, 5.41) is 0.611. The summed E-state index contributed by atoms with van der Waals surface area (Å²) in [6, 6.07) is 13.7. The van der Waals surface area contributed by atoms with Crippen LogP contribution in [-0.4, -0.2) is 16.7 Å². The first-order valence-electron chi connectivity index (χ1n) is 6.67. The maximum atomic E-state index is 6.18. The Bertz CT molecular complexity index is 780. The van der Waals surface area contributed by atoms with Crippen LogP contribution in [0.1, 0.15) is 18.5 Å². The second kappa shape index (κ2) is 5.30. The zero-order chi connectivity index (χ0) is 15.0. The largest absolute Gasteiger partial charge is 0.497 e. The molecule has 0 saturated heterocycles. The minimum Gasteiger partial charge on any atom is -0.497 e. The van der Waals surface area contributed by atoms with Crippen molar-refractivity contribution in [2.24, 2.45) is 0 Å². The molecule has 2 aromatic carbocycles. The van der Waals surface area contributed by atoms with Gasteiger partial charge in [0, 0.05) is 0 Å². The number of imidazole rings is 1. The number of para-hydroxylation sites is 1. The van der Waals surface area contributed by atoms with Crippen molar-refractivity contribution in [2.75, 3.05) is 12.8 Å². The topological polar surface area (TPSA) is 53.1 Å². The van der Waals surface area contributed by atoms with E-state index in [4.69, 9.17) is 22.1 Å². The van der Waals surface area contributed by atoms with Crippen LogP contribution in [0.3, 0.4) is 0 Å². The number of ether oxygens (including phenoxy) is 1. The molecule has 108 valence electrons. The van der Waals surface area contributed by atoms with E-state index in [-0.39, 0.29) is 6.04 Å². The van der Waals surface area contributed by atoms with E-state index in [1.54, 1.807) is 7.11 Å². The van der Waals surface area contributed by atoms with Crippen LogP contribution >= 0.6 is 11.6 Å². The predicted octanol–water partition coefficient (Wildman–Crippen LogP) is 3.89. The summed E-state index contributed by atoms with van der Waals surface area (Å²) < 4.78 is 7.18. The number of halogens is 1. The molecule has 1 unspecified atom stereocenters. The third-order valence-electron chi connectivity index (χ3n) is 3.68. The molecule has 0 aliphatic rings. The van der Waals surface area contributed by atoms with Crippen LogP contribution in [0.4, 0.5) is 5.95 Å². The van der Waals surface area contributed by atoms with Crippen molar-refractivity contribution in [3.8, 4) is 5.75 Å². The summed E-state index contributed by atoms with van der Waals surface area (Å²) in [6.07, 6.45) is 0. The molecule has 4 nitrogen and oxygen atoms in total. The van der Waals surface area contributed by atoms with Gasteiger partial charge in [-0.1, -0.05) is 29.8 Å². The van der Waals surface area contributed by atoms with E-state index in [9.17, 15) is 0 Å². The average molecular weight is 302 g/mol. The molecule has 21 heavy (non-hydrogen) atoms. The van der Waals surface area contributed by atoms with E-state index in [1.165, 1.54) is 0 Å². The van der Waals surface area contributed by atoms with Crippen molar-refractivity contribution in [2.45, 2.75) is 13.0 Å². The van der Waals surface area contributed by atoms with Crippen LogP contribution in [0.5, 0.6) is 5.75 Å². The van der Waals surface area contributed by atoms with Gasteiger partial charge in [-0.15, -0.1) is 0 Å². The average Bonchev–Trinajstić information content (AvgIpc) is 2.84. The molecule has 1 aromatic heterocycles. The lowest BCUT2D eigenvalue weighted by Crippen LogP contribution is -2.10. The van der Waals surface area contributed by atoms with Gasteiger partial charge in [0.05, 0.1) is 23.7 Å². The van der Waals surface area contributed by atoms with Gasteiger partial charge in [-0.2, -0.15) is 0 Å². The Kier molecular flexibility index (Phi) is 3.47. The number of nitrogens with zero attached hydrogens (tertiary/aromatic N) is 2. The minimum atomic E-state index is 0.0550. The highest BCUT2D eigenvalue weighted by Crippen LogP contribution is 2.31. The smallest absolute Gasteiger partial charge is 0.201 e. The van der Waals surface area contributed by atoms with Gasteiger partial charge < -0.3 is 15.0 Å². The predicted molar refractivity (Wildman–Crippen MR) is 86.0 cm³/mol. The first kappa shape index (κ1) is 13.8. The number of methoxy groups -OCH3 is 1. The van der Waals surface area contributed by atoms with Crippen molar-refractivity contribution in [3.05, 3.63) is 53.1 Å². The molecule has 0 fully saturated rings. The van der Waals surface area contributed by atoms with E-state index in [0.29, 0.717) is 11.0 Å². The van der Waals surface area contributed by atoms with Crippen molar-refractivity contribution >= 4 is 28.6 Å². The number of nitrogen functional groups attached to an aromatic ring is 1. The van der Waals surface area contributed by atoms with E-state index < -0.39 is 0 Å². The minimum absolute atomic E-state index is 0.0550. The SMILES string of the molecule is COc1ccc(C(C)n2c(N)nc3c(Cl)cccc32)cc1. The van der Waals surface area contributed by atoms with E-state index in [1.807, 2.05) is 47.0 Å². The fourth-order valence-corrected chi connectivity index (χ4v) is 2.75. The van der Waals surface area contributed by atoms with Gasteiger partial charge >= 0.3 is 0 Å². The Labute approximate surface area is 128 Å². The molecule has 2 N–H and O–H groups in total. The molecule has 3 rings (SSSR count). The van der Waals surface area contributed by atoms with Crippen LogP contribution in [0, 0.1) is 0 Å². The lowest BCUT2D eigenvalue weighted by atomic mass is 10.1. The molecule has 0 amide bonds. The molecule has 5 heteroatoms. The molecule has 0 bridgehead atoms. The Morgan fingerprint density at radius 2 is 1.90 bits per heavy atom. The molecule has 0 aliphatic carbocycles. The zero-order valence-corrected chi connectivity index (χ0v) is 12.6. The molecule has 0 aliphatic heterocycles. The number of hydrogen-bond donors (Lipinski definition) is 1. The van der Waals surface area contributed by atoms with E-state index in [0.717, 1.165) is 22.3 Å². The van der Waals surface area contributed by atoms with Gasteiger partial charge in [0.25, 0.3) is 0 Å². The zero-order valence-electron chi connectivity index (χ0n) is 11.9. The van der Waals surface area contributed by atoms with Crippen LogP contribution < -0.4 is 10.5 Å². The van der Waals surface area contributed by atoms with Gasteiger partial charge in [0.15, 0.2) is 0 Å². The summed E-state index contributed by atoms with van der Waals surface area (Å²) >= 11 is 6.18. The van der Waals surface area contributed by atoms with Gasteiger partial charge in [0.2, 0.25) is 5.95 Å². The monoisotopic (exact) mass is 301 g/mol. The molecular weight excluding hydrogens is 286 g/mol. The van der Waals surface area contributed by atoms with Crippen LogP contribution in [0.25, 0.3) is 11.0 Å². The van der Waals surface area contributed by atoms with Crippen molar-refractivity contribution in [1.29, 1.82) is 0 Å². The van der Waals surface area contributed by atoms with Crippen molar-refractivity contribution in [3.63, 3.8) is 0 Å². The highest BCUT2D eigenvalue weighted by Gasteiger charge is 2.16. The summed E-state index contributed by atoms with van der Waals surface area (Å²) in [4.78, 5) is 4.38. The first-order chi connectivity index (χ1) is 10.1. The lowest BCUT2D eigenvalue weighted by Gasteiger charge is -2.17. The Balaban J connectivity index is 2.10. The number of anilines is 1. The molecule has 1 atom stereocenters. The van der Waals surface area contributed by atoms with Gasteiger partial charge in [-0.3, -0.25) is 0 Å². The number of rotatable bonds is 3. The molecule has 3 aromatic rings. The van der Waals surface area contributed by atoms with Crippen LogP contribution in [0.15, 0.2) is 42.5 Å². The van der Waals surface area contributed by atoms with Gasteiger partial charge in [-0.05, 0) is 36.8 Å². The second-order valence-corrected chi connectivity index (χ2v) is 5.30. The fraction of sp³-hybridized carbons (Fsp3) is 0.188. The third kappa shape index (κ3) is 2.32.